The van der Waals surface area contributed by atoms with Gasteiger partial charge in [-0.05, 0) is 42.8 Å². The average molecular weight is 504 g/mol. The van der Waals surface area contributed by atoms with Crippen LogP contribution >= 0.6 is 0 Å². The van der Waals surface area contributed by atoms with Crippen LogP contribution in [0.15, 0.2) is 55.1 Å². The van der Waals surface area contributed by atoms with Gasteiger partial charge in [0.2, 0.25) is 0 Å². The predicted octanol–water partition coefficient (Wildman–Crippen LogP) is 4.57. The van der Waals surface area contributed by atoms with Crippen molar-refractivity contribution in [1.29, 1.82) is 0 Å². The summed E-state index contributed by atoms with van der Waals surface area (Å²) in [5.74, 6) is 0.170. The number of aromatic nitrogens is 5. The largest absolute Gasteiger partial charge is 0.383 e. The molecule has 0 saturated carbocycles. The van der Waals surface area contributed by atoms with Crippen LogP contribution in [0.4, 0.5) is 20.3 Å². The van der Waals surface area contributed by atoms with Crippen molar-refractivity contribution in [2.75, 3.05) is 10.6 Å². The van der Waals surface area contributed by atoms with Crippen molar-refractivity contribution in [2.45, 2.75) is 32.6 Å². The van der Waals surface area contributed by atoms with E-state index in [2.05, 4.69) is 15.1 Å². The fourth-order valence-corrected chi connectivity index (χ4v) is 4.81. The molecule has 1 aliphatic heterocycles. The minimum absolute atomic E-state index is 0.104. The second-order valence-corrected chi connectivity index (χ2v) is 9.10. The van der Waals surface area contributed by atoms with Crippen molar-refractivity contribution in [2.24, 2.45) is 7.05 Å². The zero-order valence-corrected chi connectivity index (χ0v) is 20.1. The van der Waals surface area contributed by atoms with Gasteiger partial charge >= 0.3 is 0 Å². The number of halogens is 2. The Morgan fingerprint density at radius 1 is 1.22 bits per heavy atom. The molecule has 6 rings (SSSR count). The third-order valence-electron chi connectivity index (χ3n) is 6.64. The van der Waals surface area contributed by atoms with Gasteiger partial charge in [-0.1, -0.05) is 0 Å². The van der Waals surface area contributed by atoms with Gasteiger partial charge in [-0.3, -0.25) is 14.4 Å². The van der Waals surface area contributed by atoms with Crippen molar-refractivity contribution in [1.82, 2.24) is 24.1 Å². The average Bonchev–Trinajstić information content (AvgIpc) is 3.59. The molecular formula is C26H23F2N7O2. The number of benzene rings is 1. The Morgan fingerprint density at radius 3 is 2.81 bits per heavy atom. The molecule has 0 saturated heterocycles. The van der Waals surface area contributed by atoms with Crippen molar-refractivity contribution < 1.29 is 18.3 Å². The summed E-state index contributed by atoms with van der Waals surface area (Å²) in [4.78, 5) is 24.5. The number of nitrogens with two attached hydrogens (primary N) is 1. The number of pyridine rings is 2. The summed E-state index contributed by atoms with van der Waals surface area (Å²) in [6.45, 7) is 2.44. The first-order valence-corrected chi connectivity index (χ1v) is 11.7. The normalized spacial score (nSPS) is 15.1. The van der Waals surface area contributed by atoms with Crippen LogP contribution in [0, 0.1) is 0 Å². The van der Waals surface area contributed by atoms with Gasteiger partial charge in [0.1, 0.15) is 11.5 Å². The number of anilines is 2. The molecule has 5 heterocycles. The van der Waals surface area contributed by atoms with Gasteiger partial charge in [0, 0.05) is 47.7 Å². The number of fused-ring (bicyclic) bond motifs is 4. The van der Waals surface area contributed by atoms with E-state index in [9.17, 15) is 13.6 Å². The molecule has 1 aromatic carbocycles. The predicted molar refractivity (Wildman–Crippen MR) is 133 cm³/mol. The highest BCUT2D eigenvalue weighted by atomic mass is 19.3. The summed E-state index contributed by atoms with van der Waals surface area (Å²) >= 11 is 0. The summed E-state index contributed by atoms with van der Waals surface area (Å²) in [5, 5.41) is 5.03. The fraction of sp³-hybridized carbons (Fsp3) is 0.231. The molecule has 1 atom stereocenters. The van der Waals surface area contributed by atoms with E-state index in [4.69, 9.17) is 10.5 Å². The molecule has 1 aliphatic rings. The van der Waals surface area contributed by atoms with E-state index >= 15 is 0 Å². The maximum atomic E-state index is 13.9. The van der Waals surface area contributed by atoms with Gasteiger partial charge in [0.25, 0.3) is 12.3 Å². The second-order valence-electron chi connectivity index (χ2n) is 9.10. The van der Waals surface area contributed by atoms with Crippen LogP contribution < -0.4 is 10.6 Å². The molecule has 0 bridgehead atoms. The highest BCUT2D eigenvalue weighted by molar-refractivity contribution is 6.08. The third kappa shape index (κ3) is 3.97. The first-order valence-electron chi connectivity index (χ1n) is 11.7. The lowest BCUT2D eigenvalue weighted by Gasteiger charge is -2.20. The van der Waals surface area contributed by atoms with E-state index in [1.807, 2.05) is 13.0 Å². The highest BCUT2D eigenvalue weighted by Crippen LogP contribution is 2.38. The molecule has 4 aromatic heterocycles. The van der Waals surface area contributed by atoms with Gasteiger partial charge in [0.15, 0.2) is 0 Å². The Kier molecular flexibility index (Phi) is 5.37. The number of ether oxygens (including phenoxy) is 1. The Morgan fingerprint density at radius 2 is 2.05 bits per heavy atom. The number of carbonyl (C=O) groups is 1. The maximum absolute atomic E-state index is 13.9. The third-order valence-corrected chi connectivity index (χ3v) is 6.64. The number of imidazole rings is 1. The molecule has 2 N–H and O–H groups in total. The van der Waals surface area contributed by atoms with Crippen LogP contribution in [0.5, 0.6) is 0 Å². The summed E-state index contributed by atoms with van der Waals surface area (Å²) in [5.41, 5.74) is 10.6. The quantitative estimate of drug-likeness (QED) is 0.377. The Hall–Kier alpha value is -4.38. The minimum atomic E-state index is -2.59. The first-order chi connectivity index (χ1) is 17.8. The lowest BCUT2D eigenvalue weighted by Crippen LogP contribution is -2.30. The second kappa shape index (κ2) is 8.63. The van der Waals surface area contributed by atoms with E-state index < -0.39 is 6.43 Å². The minimum Gasteiger partial charge on any atom is -0.383 e. The summed E-state index contributed by atoms with van der Waals surface area (Å²) in [7, 11) is 1.76. The van der Waals surface area contributed by atoms with Crippen LogP contribution in [0.2, 0.25) is 0 Å². The van der Waals surface area contributed by atoms with Gasteiger partial charge in [-0.25, -0.2) is 18.7 Å². The number of carbonyl (C=O) groups excluding carboxylic acids is 1. The lowest BCUT2D eigenvalue weighted by molar-refractivity contribution is 0.0801. The molecule has 1 unspecified atom stereocenters. The van der Waals surface area contributed by atoms with Crippen molar-refractivity contribution in [3.05, 3.63) is 83.1 Å². The van der Waals surface area contributed by atoms with Crippen LogP contribution in [0.1, 0.15) is 52.2 Å². The smallest absolute Gasteiger partial charge is 0.265 e. The molecule has 11 heteroatoms. The number of hydrogen-bond donors (Lipinski definition) is 1. The number of alkyl halides is 2. The van der Waals surface area contributed by atoms with Crippen molar-refractivity contribution >= 4 is 34.0 Å². The van der Waals surface area contributed by atoms with E-state index in [1.54, 1.807) is 51.8 Å². The summed E-state index contributed by atoms with van der Waals surface area (Å²) in [6, 6.07) is 8.18. The van der Waals surface area contributed by atoms with Crippen LogP contribution in [-0.4, -0.2) is 30.1 Å². The molecule has 0 fully saturated rings. The summed E-state index contributed by atoms with van der Waals surface area (Å²) < 4.78 is 35.2. The molecule has 9 nitrogen and oxygen atoms in total. The standard InChI is InChI=1S/C26H23F2N7O2/c1-14-23-20(13-37-14)19-7-15(3-5-21(19)32-25(23)29)26(36)35(18-8-30-33(2)12-18)11-17-10-34-9-16(24(27)28)4-6-22(34)31-17/h3-10,12,14,24H,11,13H2,1-2H3,(H2,29,32). The SMILES string of the molecule is CC1OCc2c1c(N)nc1ccc(C(=O)N(Cc3cn4cc(C(F)F)ccc4n3)c3cnn(C)c3)cc21. The molecule has 37 heavy (non-hydrogen) atoms. The van der Waals surface area contributed by atoms with Gasteiger partial charge in [-0.15, -0.1) is 0 Å². The van der Waals surface area contributed by atoms with E-state index in [1.165, 1.54) is 18.3 Å². The van der Waals surface area contributed by atoms with E-state index in [-0.39, 0.29) is 24.1 Å². The van der Waals surface area contributed by atoms with Gasteiger partial charge in [0.05, 0.1) is 42.4 Å². The zero-order chi connectivity index (χ0) is 25.8. The maximum Gasteiger partial charge on any atom is 0.265 e. The Bertz CT molecular complexity index is 1680. The van der Waals surface area contributed by atoms with Crippen molar-refractivity contribution in [3.8, 4) is 0 Å². The van der Waals surface area contributed by atoms with Crippen LogP contribution in [0.25, 0.3) is 16.6 Å². The number of rotatable bonds is 5. The number of amides is 1. The zero-order valence-electron chi connectivity index (χ0n) is 20.1. The molecule has 5 aromatic rings. The topological polar surface area (TPSA) is 104 Å². The first kappa shape index (κ1) is 23.0. The molecule has 0 aliphatic carbocycles. The number of hydrogen-bond acceptors (Lipinski definition) is 6. The van der Waals surface area contributed by atoms with Gasteiger partial charge in [-0.2, -0.15) is 5.10 Å². The Balaban J connectivity index is 1.40. The van der Waals surface area contributed by atoms with Crippen molar-refractivity contribution in [3.63, 3.8) is 0 Å². The number of nitrogen functional groups attached to an aromatic ring is 1. The fourth-order valence-electron chi connectivity index (χ4n) is 4.81. The lowest BCUT2D eigenvalue weighted by atomic mass is 10.00. The Labute approximate surface area is 210 Å². The molecule has 0 radical (unpaired) electrons. The van der Waals surface area contributed by atoms with Crippen LogP contribution in [-0.2, 0) is 24.9 Å². The van der Waals surface area contributed by atoms with Gasteiger partial charge < -0.3 is 14.9 Å². The van der Waals surface area contributed by atoms with E-state index in [0.717, 1.165) is 16.5 Å². The highest BCUT2D eigenvalue weighted by Gasteiger charge is 2.27. The molecule has 188 valence electrons. The summed E-state index contributed by atoms with van der Waals surface area (Å²) in [6.07, 6.45) is 3.57. The molecule has 1 amide bonds. The number of nitrogens with zero attached hydrogens (tertiary/aromatic N) is 6. The monoisotopic (exact) mass is 503 g/mol. The number of aryl methyl sites for hydroxylation is 1. The van der Waals surface area contributed by atoms with E-state index in [0.29, 0.717) is 40.5 Å². The molecule has 0 spiro atoms. The van der Waals surface area contributed by atoms with Crippen LogP contribution in [0.3, 0.4) is 0 Å². The molecular weight excluding hydrogens is 480 g/mol.